The molecule has 0 saturated carbocycles. The largest absolute Gasteiger partial charge is 0.528 e. The van der Waals surface area contributed by atoms with E-state index in [9.17, 15) is 14.4 Å². The van der Waals surface area contributed by atoms with Gasteiger partial charge in [-0.05, 0) is 5.70 Å². The first-order chi connectivity index (χ1) is 9.78. The molecular weight excluding hydrogens is 324 g/mol. The van der Waals surface area contributed by atoms with E-state index in [1.807, 2.05) is 18.8 Å². The first-order valence-corrected chi connectivity index (χ1v) is 13.5. The minimum atomic E-state index is -3.23. The Morgan fingerprint density at radius 3 is 1.38 bits per heavy atom. The van der Waals surface area contributed by atoms with Crippen LogP contribution in [0.15, 0.2) is 22.8 Å². The summed E-state index contributed by atoms with van der Waals surface area (Å²) in [4.78, 5) is 32.9. The molecule has 0 rings (SSSR count). The summed E-state index contributed by atoms with van der Waals surface area (Å²) in [7, 11) is -3.53. The van der Waals surface area contributed by atoms with Crippen molar-refractivity contribution in [2.24, 2.45) is 0 Å². The maximum Gasteiger partial charge on any atom is 0.528 e. The topological polar surface area (TPSA) is 78.9 Å². The highest BCUT2D eigenvalue weighted by Crippen LogP contribution is 2.13. The highest BCUT2D eigenvalue weighted by Gasteiger charge is 2.36. The Labute approximate surface area is 128 Å². The van der Waals surface area contributed by atoms with Crippen LogP contribution in [0.4, 0.5) is 0 Å². The summed E-state index contributed by atoms with van der Waals surface area (Å²) in [6.07, 6.45) is 0. The van der Waals surface area contributed by atoms with Crippen LogP contribution in [0.25, 0.3) is 0 Å². The molecule has 0 saturated heterocycles. The van der Waals surface area contributed by atoms with Crippen LogP contribution in [0.3, 0.4) is 0 Å². The second-order valence-electron chi connectivity index (χ2n) is 5.06. The van der Waals surface area contributed by atoms with E-state index in [1.54, 1.807) is 11.4 Å². The summed E-state index contributed by atoms with van der Waals surface area (Å²) in [5, 5.41) is 0. The van der Waals surface area contributed by atoms with E-state index in [-0.39, 0.29) is 0 Å². The number of rotatable bonds is 10. The Hall–Kier alpha value is -0.979. The molecule has 0 aliphatic carbocycles. The lowest BCUT2D eigenvalue weighted by Gasteiger charge is -2.22. The van der Waals surface area contributed by atoms with Gasteiger partial charge in [0.25, 0.3) is 8.07 Å². The van der Waals surface area contributed by atoms with E-state index >= 15 is 0 Å². The van der Waals surface area contributed by atoms with Crippen molar-refractivity contribution < 1.29 is 27.7 Å². The van der Waals surface area contributed by atoms with E-state index < -0.39 is 25.0 Å². The van der Waals surface area contributed by atoms with Crippen LogP contribution < -0.4 is 0 Å². The molecule has 0 atom stereocenters. The van der Waals surface area contributed by atoms with Gasteiger partial charge in [0, 0.05) is 21.3 Å². The minimum absolute atomic E-state index is 0.468. The van der Waals surface area contributed by atoms with Crippen molar-refractivity contribution in [1.82, 2.24) is 0 Å². The monoisotopic (exact) mass is 346 g/mol. The third-order valence-electron chi connectivity index (χ3n) is 2.98. The summed E-state index contributed by atoms with van der Waals surface area (Å²) in [6, 6.07) is 0. The highest BCUT2D eigenvalue weighted by molar-refractivity contribution is 7.35. The van der Waals surface area contributed by atoms with Crippen molar-refractivity contribution in [2.75, 3.05) is 21.3 Å². The predicted octanol–water partition coefficient (Wildman–Crippen LogP) is 0.607. The van der Waals surface area contributed by atoms with E-state index in [0.29, 0.717) is 17.7 Å². The molecule has 0 radical (unpaired) electrons. The van der Waals surface area contributed by atoms with Gasteiger partial charge < -0.3 is 27.7 Å². The molecule has 0 N–H and O–H groups in total. The molecule has 6 nitrogen and oxygen atoms in total. The fourth-order valence-electron chi connectivity index (χ4n) is 1.39. The molecule has 0 aromatic carbocycles. The van der Waals surface area contributed by atoms with Crippen LogP contribution >= 0.6 is 0 Å². The van der Waals surface area contributed by atoms with Crippen molar-refractivity contribution in [1.29, 1.82) is 0 Å². The first-order valence-electron chi connectivity index (χ1n) is 6.23. The molecule has 0 aromatic rings. The Morgan fingerprint density at radius 2 is 1.05 bits per heavy atom. The van der Waals surface area contributed by atoms with Crippen molar-refractivity contribution in [3.63, 3.8) is 0 Å². The van der Waals surface area contributed by atoms with Crippen LogP contribution in [0.2, 0.25) is 13.1 Å². The maximum atomic E-state index is 11.0. The Morgan fingerprint density at radius 1 is 0.667 bits per heavy atom. The van der Waals surface area contributed by atoms with Crippen LogP contribution in [-0.2, 0) is 27.7 Å². The van der Waals surface area contributed by atoms with Crippen LogP contribution in [-0.4, -0.2) is 64.0 Å². The molecule has 21 heavy (non-hydrogen) atoms. The van der Waals surface area contributed by atoms with Gasteiger partial charge in [-0.1, -0.05) is 30.2 Å². The van der Waals surface area contributed by atoms with E-state index in [0.717, 1.165) is 0 Å². The maximum absolute atomic E-state index is 11.0. The molecule has 0 fully saturated rings. The molecule has 0 aliphatic heterocycles. The second-order valence-corrected chi connectivity index (χ2v) is 15.2. The van der Waals surface area contributed by atoms with Gasteiger partial charge in [0.2, 0.25) is 0 Å². The Kier molecular flexibility index (Phi) is 8.07. The minimum Gasteiger partial charge on any atom is -0.374 e. The summed E-state index contributed by atoms with van der Waals surface area (Å²) >= 11 is 0. The van der Waals surface area contributed by atoms with Crippen LogP contribution in [0.1, 0.15) is 0 Å². The molecule has 0 aromatic heterocycles. The van der Waals surface area contributed by atoms with Gasteiger partial charge in [0.05, 0.1) is 8.07 Å². The smallest absolute Gasteiger partial charge is 0.374 e. The molecule has 0 aliphatic rings. The van der Waals surface area contributed by atoms with Crippen molar-refractivity contribution >= 4 is 42.7 Å². The summed E-state index contributed by atoms with van der Waals surface area (Å²) in [6.45, 7) is 4.00. The highest BCUT2D eigenvalue weighted by atomic mass is 28.4. The molecule has 0 spiro atoms. The summed E-state index contributed by atoms with van der Waals surface area (Å²) in [5.74, 6) is 1.41. The number of hydrogen-bond donors (Lipinski definition) is 0. The third kappa shape index (κ3) is 5.73. The Balaban J connectivity index is 5.28. The lowest BCUT2D eigenvalue weighted by Crippen LogP contribution is -2.42. The van der Waals surface area contributed by atoms with Gasteiger partial charge in [-0.3, -0.25) is 0 Å². The normalized spacial score (nSPS) is 13.8. The molecule has 9 heteroatoms. The fraction of sp³-hybridized carbons (Fsp3) is 0.417. The van der Waals surface area contributed by atoms with Gasteiger partial charge >= 0.3 is 8.80 Å². The molecule has 0 unspecified atom stereocenters. The SMILES string of the molecule is CO[Si](C=C[Si](C)(C)C=C[Si](C=O)(C=O)C=O)(OC)OC. The lowest BCUT2D eigenvalue weighted by molar-refractivity contribution is 0.138. The van der Waals surface area contributed by atoms with Gasteiger partial charge in [-0.15, -0.1) is 0 Å². The zero-order valence-electron chi connectivity index (χ0n) is 13.0. The first kappa shape index (κ1) is 20.0. The standard InChI is InChI=1S/C12H22O6Si3/c1-16-21(17-2,18-3)9-7-19(4,5)6-8-20(10-13,11-14)12-15/h6-12H,1-5H3. The third-order valence-corrected chi connectivity index (χ3v) is 9.95. The number of carbonyl (C=O) groups excluding carboxylic acids is 3. The van der Waals surface area contributed by atoms with E-state index in [2.05, 4.69) is 0 Å². The van der Waals surface area contributed by atoms with Crippen molar-refractivity contribution in [3.8, 4) is 0 Å². The zero-order valence-corrected chi connectivity index (χ0v) is 16.0. The van der Waals surface area contributed by atoms with Gasteiger partial charge in [0.1, 0.15) is 17.7 Å². The molecule has 0 heterocycles. The molecule has 0 bridgehead atoms. The summed E-state index contributed by atoms with van der Waals surface area (Å²) < 4.78 is 15.9. The van der Waals surface area contributed by atoms with Gasteiger partial charge in [0.15, 0.2) is 0 Å². The average Bonchev–Trinajstić information content (AvgIpc) is 2.51. The quantitative estimate of drug-likeness (QED) is 0.426. The van der Waals surface area contributed by atoms with Crippen molar-refractivity contribution in [2.45, 2.75) is 13.1 Å². The number of hydrogen-bond acceptors (Lipinski definition) is 6. The zero-order chi connectivity index (χ0) is 16.6. The van der Waals surface area contributed by atoms with E-state index in [4.69, 9.17) is 13.3 Å². The average molecular weight is 347 g/mol. The number of carbonyl (C=O) groups is 3. The molecular formula is C12H22O6Si3. The fourth-order valence-corrected chi connectivity index (χ4v) is 8.22. The molecule has 118 valence electrons. The van der Waals surface area contributed by atoms with E-state index in [1.165, 1.54) is 27.0 Å². The van der Waals surface area contributed by atoms with Crippen molar-refractivity contribution in [3.05, 3.63) is 22.8 Å². The van der Waals surface area contributed by atoms with Gasteiger partial charge in [-0.25, -0.2) is 0 Å². The second kappa shape index (κ2) is 8.46. The predicted molar refractivity (Wildman–Crippen MR) is 88.5 cm³/mol. The Bertz CT molecular complexity index is 399. The van der Waals surface area contributed by atoms with Crippen LogP contribution in [0.5, 0.6) is 0 Å². The molecule has 0 amide bonds. The van der Waals surface area contributed by atoms with Gasteiger partial charge in [-0.2, -0.15) is 0 Å². The van der Waals surface area contributed by atoms with Crippen LogP contribution in [0, 0.1) is 0 Å². The summed E-state index contributed by atoms with van der Waals surface area (Å²) in [5.41, 5.74) is 6.99. The lowest BCUT2D eigenvalue weighted by atomic mass is 11.2.